The second-order valence-corrected chi connectivity index (χ2v) is 4.81. The SMILES string of the molecule is CCc1cccc(-c2cc(CNC)cs2)c1. The molecule has 2 heteroatoms. The van der Waals surface area contributed by atoms with Gasteiger partial charge in [0.25, 0.3) is 0 Å². The van der Waals surface area contributed by atoms with Crippen LogP contribution in [0.3, 0.4) is 0 Å². The van der Waals surface area contributed by atoms with Crippen LogP contribution in [-0.2, 0) is 13.0 Å². The summed E-state index contributed by atoms with van der Waals surface area (Å²) in [6, 6.07) is 11.1. The Balaban J connectivity index is 2.27. The molecule has 1 aromatic carbocycles. The summed E-state index contributed by atoms with van der Waals surface area (Å²) in [6.07, 6.45) is 1.10. The molecule has 0 aliphatic rings. The van der Waals surface area contributed by atoms with Gasteiger partial charge in [-0.05, 0) is 41.6 Å². The van der Waals surface area contributed by atoms with Gasteiger partial charge in [-0.25, -0.2) is 0 Å². The van der Waals surface area contributed by atoms with Crippen molar-refractivity contribution in [2.75, 3.05) is 7.05 Å². The fourth-order valence-electron chi connectivity index (χ4n) is 1.77. The molecule has 84 valence electrons. The number of thiophene rings is 1. The molecule has 0 saturated heterocycles. The van der Waals surface area contributed by atoms with Crippen LogP contribution in [0.4, 0.5) is 0 Å². The van der Waals surface area contributed by atoms with Crippen molar-refractivity contribution in [1.29, 1.82) is 0 Å². The Kier molecular flexibility index (Phi) is 3.75. The van der Waals surface area contributed by atoms with Gasteiger partial charge in [-0.2, -0.15) is 0 Å². The van der Waals surface area contributed by atoms with Gasteiger partial charge in [-0.3, -0.25) is 0 Å². The minimum atomic E-state index is 0.948. The maximum atomic E-state index is 3.18. The molecular weight excluding hydrogens is 214 g/mol. The van der Waals surface area contributed by atoms with E-state index in [0.717, 1.165) is 13.0 Å². The molecule has 0 atom stereocenters. The zero-order valence-corrected chi connectivity index (χ0v) is 10.6. The highest BCUT2D eigenvalue weighted by Crippen LogP contribution is 2.27. The Bertz CT molecular complexity index is 459. The van der Waals surface area contributed by atoms with Crippen LogP contribution in [0.2, 0.25) is 0 Å². The van der Waals surface area contributed by atoms with Crippen molar-refractivity contribution in [3.05, 3.63) is 46.8 Å². The summed E-state index contributed by atoms with van der Waals surface area (Å²) in [6.45, 7) is 3.14. The van der Waals surface area contributed by atoms with Crippen molar-refractivity contribution in [3.63, 3.8) is 0 Å². The van der Waals surface area contributed by atoms with Crippen molar-refractivity contribution in [2.24, 2.45) is 0 Å². The molecule has 0 saturated carbocycles. The standard InChI is InChI=1S/C14H17NS/c1-3-11-5-4-6-13(7-11)14-8-12(9-15-2)10-16-14/h4-8,10,15H,3,9H2,1-2H3. The fraction of sp³-hybridized carbons (Fsp3) is 0.286. The number of hydrogen-bond donors (Lipinski definition) is 1. The van der Waals surface area contributed by atoms with Gasteiger partial charge in [-0.15, -0.1) is 11.3 Å². The molecule has 16 heavy (non-hydrogen) atoms. The van der Waals surface area contributed by atoms with Crippen molar-refractivity contribution in [1.82, 2.24) is 5.32 Å². The van der Waals surface area contributed by atoms with E-state index in [2.05, 4.69) is 48.0 Å². The lowest BCUT2D eigenvalue weighted by atomic mass is 10.1. The van der Waals surface area contributed by atoms with Crippen molar-refractivity contribution in [2.45, 2.75) is 19.9 Å². The molecule has 2 rings (SSSR count). The summed E-state index contributed by atoms with van der Waals surface area (Å²) in [5, 5.41) is 5.40. The van der Waals surface area contributed by atoms with E-state index >= 15 is 0 Å². The van der Waals surface area contributed by atoms with E-state index in [9.17, 15) is 0 Å². The molecule has 0 spiro atoms. The second-order valence-electron chi connectivity index (χ2n) is 3.90. The van der Waals surface area contributed by atoms with Crippen LogP contribution in [0.25, 0.3) is 10.4 Å². The molecular formula is C14H17NS. The van der Waals surface area contributed by atoms with E-state index in [1.807, 2.05) is 18.4 Å². The molecule has 1 N–H and O–H groups in total. The van der Waals surface area contributed by atoms with Crippen LogP contribution in [0.1, 0.15) is 18.1 Å². The molecule has 2 aromatic rings. The van der Waals surface area contributed by atoms with Crippen molar-refractivity contribution in [3.8, 4) is 10.4 Å². The molecule has 1 aromatic heterocycles. The Morgan fingerprint density at radius 1 is 1.19 bits per heavy atom. The normalized spacial score (nSPS) is 10.6. The van der Waals surface area contributed by atoms with Crippen molar-refractivity contribution >= 4 is 11.3 Å². The first-order valence-corrected chi connectivity index (χ1v) is 6.52. The van der Waals surface area contributed by atoms with E-state index in [1.165, 1.54) is 21.6 Å². The van der Waals surface area contributed by atoms with Gasteiger partial charge in [0.05, 0.1) is 0 Å². The molecule has 0 aliphatic carbocycles. The third kappa shape index (κ3) is 2.52. The number of benzene rings is 1. The highest BCUT2D eigenvalue weighted by Gasteiger charge is 2.02. The highest BCUT2D eigenvalue weighted by atomic mass is 32.1. The van der Waals surface area contributed by atoms with Gasteiger partial charge in [0.2, 0.25) is 0 Å². The number of hydrogen-bond acceptors (Lipinski definition) is 2. The predicted molar refractivity (Wildman–Crippen MR) is 71.9 cm³/mol. The smallest absolute Gasteiger partial charge is 0.0346 e. The third-order valence-corrected chi connectivity index (χ3v) is 3.68. The van der Waals surface area contributed by atoms with Crippen LogP contribution < -0.4 is 5.32 Å². The Labute approximate surface area is 101 Å². The molecule has 0 aliphatic heterocycles. The van der Waals surface area contributed by atoms with E-state index in [0.29, 0.717) is 0 Å². The van der Waals surface area contributed by atoms with E-state index < -0.39 is 0 Å². The van der Waals surface area contributed by atoms with Crippen LogP contribution in [0, 0.1) is 0 Å². The zero-order chi connectivity index (χ0) is 11.4. The zero-order valence-electron chi connectivity index (χ0n) is 9.79. The summed E-state index contributed by atoms with van der Waals surface area (Å²) in [7, 11) is 1.98. The average Bonchev–Trinajstić information content (AvgIpc) is 2.78. The summed E-state index contributed by atoms with van der Waals surface area (Å²) in [5.41, 5.74) is 4.11. The highest BCUT2D eigenvalue weighted by molar-refractivity contribution is 7.13. The number of aryl methyl sites for hydroxylation is 1. The second kappa shape index (κ2) is 5.28. The molecule has 1 heterocycles. The summed E-state index contributed by atoms with van der Waals surface area (Å²) in [4.78, 5) is 1.36. The largest absolute Gasteiger partial charge is 0.316 e. The monoisotopic (exact) mass is 231 g/mol. The van der Waals surface area contributed by atoms with Crippen LogP contribution in [0.5, 0.6) is 0 Å². The van der Waals surface area contributed by atoms with Crippen LogP contribution in [0.15, 0.2) is 35.7 Å². The quantitative estimate of drug-likeness (QED) is 0.846. The minimum Gasteiger partial charge on any atom is -0.316 e. The number of nitrogens with one attached hydrogen (secondary N) is 1. The number of rotatable bonds is 4. The van der Waals surface area contributed by atoms with Crippen LogP contribution in [-0.4, -0.2) is 7.05 Å². The lowest BCUT2D eigenvalue weighted by Crippen LogP contribution is -2.03. The van der Waals surface area contributed by atoms with Gasteiger partial charge in [0.15, 0.2) is 0 Å². The third-order valence-electron chi connectivity index (χ3n) is 2.65. The van der Waals surface area contributed by atoms with E-state index in [-0.39, 0.29) is 0 Å². The molecule has 0 fully saturated rings. The summed E-state index contributed by atoms with van der Waals surface area (Å²) < 4.78 is 0. The first-order valence-electron chi connectivity index (χ1n) is 5.64. The van der Waals surface area contributed by atoms with Gasteiger partial charge < -0.3 is 5.32 Å². The van der Waals surface area contributed by atoms with Crippen LogP contribution >= 0.6 is 11.3 Å². The maximum absolute atomic E-state index is 3.18. The lowest BCUT2D eigenvalue weighted by Gasteiger charge is -2.00. The summed E-state index contributed by atoms with van der Waals surface area (Å²) in [5.74, 6) is 0. The topological polar surface area (TPSA) is 12.0 Å². The average molecular weight is 231 g/mol. The first-order chi connectivity index (χ1) is 7.83. The predicted octanol–water partition coefficient (Wildman–Crippen LogP) is 3.70. The molecule has 0 unspecified atom stereocenters. The van der Waals surface area contributed by atoms with Crippen molar-refractivity contribution < 1.29 is 0 Å². The van der Waals surface area contributed by atoms with E-state index in [1.54, 1.807) is 0 Å². The maximum Gasteiger partial charge on any atom is 0.0346 e. The van der Waals surface area contributed by atoms with Gasteiger partial charge in [0, 0.05) is 11.4 Å². The minimum absolute atomic E-state index is 0.948. The lowest BCUT2D eigenvalue weighted by molar-refractivity contribution is 0.821. The van der Waals surface area contributed by atoms with Gasteiger partial charge >= 0.3 is 0 Å². The molecule has 0 amide bonds. The Morgan fingerprint density at radius 3 is 2.81 bits per heavy atom. The fourth-order valence-corrected chi connectivity index (χ4v) is 2.68. The summed E-state index contributed by atoms with van der Waals surface area (Å²) >= 11 is 1.82. The molecule has 1 nitrogen and oxygen atoms in total. The first kappa shape index (κ1) is 11.4. The Morgan fingerprint density at radius 2 is 2.06 bits per heavy atom. The molecule has 0 bridgehead atoms. The van der Waals surface area contributed by atoms with Gasteiger partial charge in [0.1, 0.15) is 0 Å². The van der Waals surface area contributed by atoms with E-state index in [4.69, 9.17) is 0 Å². The molecule has 0 radical (unpaired) electrons. The Hall–Kier alpha value is -1.12. The van der Waals surface area contributed by atoms with Gasteiger partial charge in [-0.1, -0.05) is 31.2 Å².